The van der Waals surface area contributed by atoms with Crippen molar-refractivity contribution in [1.29, 1.82) is 0 Å². The van der Waals surface area contributed by atoms with Crippen LogP contribution in [0.2, 0.25) is 0 Å². The molecule has 8 heteroatoms. The van der Waals surface area contributed by atoms with Gasteiger partial charge in [0.15, 0.2) is 11.3 Å². The van der Waals surface area contributed by atoms with E-state index in [-0.39, 0.29) is 11.9 Å². The van der Waals surface area contributed by atoms with Gasteiger partial charge in [-0.15, -0.1) is 11.3 Å². The van der Waals surface area contributed by atoms with Crippen LogP contribution in [0, 0.1) is 0 Å². The van der Waals surface area contributed by atoms with Crippen LogP contribution in [0.3, 0.4) is 0 Å². The van der Waals surface area contributed by atoms with Crippen molar-refractivity contribution >= 4 is 22.9 Å². The van der Waals surface area contributed by atoms with E-state index in [1.165, 1.54) is 10.4 Å². The fourth-order valence-corrected chi connectivity index (χ4v) is 5.47. The molecule has 4 heterocycles. The summed E-state index contributed by atoms with van der Waals surface area (Å²) in [5, 5.41) is 6.55. The lowest BCUT2D eigenvalue weighted by Crippen LogP contribution is -2.44. The van der Waals surface area contributed by atoms with Gasteiger partial charge in [-0.1, -0.05) is 18.2 Å². The van der Waals surface area contributed by atoms with Crippen LogP contribution < -0.4 is 4.74 Å². The van der Waals surface area contributed by atoms with Crippen LogP contribution in [0.4, 0.5) is 0 Å². The molecule has 4 aromatic rings. The van der Waals surface area contributed by atoms with Gasteiger partial charge in [0, 0.05) is 55.4 Å². The predicted molar refractivity (Wildman–Crippen MR) is 138 cm³/mol. The highest BCUT2D eigenvalue weighted by Crippen LogP contribution is 2.23. The molecule has 1 amide bonds. The van der Waals surface area contributed by atoms with Gasteiger partial charge in [-0.05, 0) is 61.5 Å². The topological polar surface area (TPSA) is 63.0 Å². The fourth-order valence-electron chi connectivity index (χ4n) is 4.69. The Bertz CT molecular complexity index is 1210. The highest BCUT2D eigenvalue weighted by atomic mass is 32.1. The minimum atomic E-state index is -0.0174. The molecule has 1 unspecified atom stereocenters. The molecule has 35 heavy (non-hydrogen) atoms. The summed E-state index contributed by atoms with van der Waals surface area (Å²) in [7, 11) is 2.14. The molecule has 0 bridgehead atoms. The Hall–Kier alpha value is -3.23. The van der Waals surface area contributed by atoms with Crippen LogP contribution in [-0.2, 0) is 13.1 Å². The van der Waals surface area contributed by atoms with Crippen molar-refractivity contribution in [2.75, 3.05) is 20.2 Å². The van der Waals surface area contributed by atoms with Crippen molar-refractivity contribution in [3.8, 4) is 5.75 Å². The van der Waals surface area contributed by atoms with E-state index in [2.05, 4.69) is 51.7 Å². The number of benzene rings is 1. The number of nitrogens with zero attached hydrogens (tertiary/aromatic N) is 5. The number of thiophene rings is 1. The molecule has 0 radical (unpaired) electrons. The summed E-state index contributed by atoms with van der Waals surface area (Å²) in [4.78, 5) is 23.2. The number of carbonyl (C=O) groups is 1. The lowest BCUT2D eigenvalue weighted by Gasteiger charge is -2.35. The molecule has 1 aliphatic rings. The molecule has 7 nitrogen and oxygen atoms in total. The number of fused-ring (bicyclic) bond motifs is 1. The van der Waals surface area contributed by atoms with Crippen LogP contribution >= 0.6 is 11.3 Å². The third-order valence-electron chi connectivity index (χ3n) is 6.44. The SMILES string of the molecule is CN(Cc1ccc(OCCC2CCCCN2C(=O)c2cc3ncccn3n2)cc1)Cc1cccs1. The molecule has 0 N–H and O–H groups in total. The third kappa shape index (κ3) is 5.89. The Morgan fingerprint density at radius 1 is 1.17 bits per heavy atom. The molecule has 3 aromatic heterocycles. The predicted octanol–water partition coefficient (Wildman–Crippen LogP) is 4.89. The normalized spacial score (nSPS) is 16.2. The van der Waals surface area contributed by atoms with Gasteiger partial charge in [-0.25, -0.2) is 9.50 Å². The first kappa shape index (κ1) is 23.5. The number of carbonyl (C=O) groups excluding carboxylic acids is 1. The van der Waals surface area contributed by atoms with E-state index in [1.54, 1.807) is 28.1 Å². The third-order valence-corrected chi connectivity index (χ3v) is 7.31. The summed E-state index contributed by atoms with van der Waals surface area (Å²) in [5.41, 5.74) is 2.41. The summed E-state index contributed by atoms with van der Waals surface area (Å²) < 4.78 is 7.71. The molecule has 0 saturated carbocycles. The molecule has 5 rings (SSSR count). The fraction of sp³-hybridized carbons (Fsp3) is 0.370. The molecule has 1 atom stereocenters. The Balaban J connectivity index is 1.13. The van der Waals surface area contributed by atoms with E-state index in [4.69, 9.17) is 4.74 Å². The highest BCUT2D eigenvalue weighted by Gasteiger charge is 2.29. The lowest BCUT2D eigenvalue weighted by molar-refractivity contribution is 0.0574. The molecular weight excluding hydrogens is 458 g/mol. The van der Waals surface area contributed by atoms with E-state index < -0.39 is 0 Å². The summed E-state index contributed by atoms with van der Waals surface area (Å²) in [6.07, 6.45) is 7.49. The molecule has 0 aliphatic carbocycles. The number of hydrogen-bond acceptors (Lipinski definition) is 6. The average Bonchev–Trinajstić information content (AvgIpc) is 3.55. The van der Waals surface area contributed by atoms with Crippen LogP contribution in [0.1, 0.15) is 46.6 Å². The van der Waals surface area contributed by atoms with Gasteiger partial charge in [0.25, 0.3) is 5.91 Å². The standard InChI is InChI=1S/C27H31N5O2S/c1-30(20-24-7-4-17-35-24)19-21-8-10-23(11-9-21)34-16-12-22-6-2-3-14-31(22)27(33)25-18-26-28-13-5-15-32(26)29-25/h4-5,7-11,13,15,17-18,22H,2-3,6,12,14,16,19-20H2,1H3. The number of ether oxygens (including phenoxy) is 1. The van der Waals surface area contributed by atoms with Crippen LogP contribution in [-0.4, -0.2) is 56.5 Å². The first-order chi connectivity index (χ1) is 17.2. The average molecular weight is 490 g/mol. The van der Waals surface area contributed by atoms with E-state index >= 15 is 0 Å². The van der Waals surface area contributed by atoms with Crippen LogP contribution in [0.15, 0.2) is 66.3 Å². The second-order valence-electron chi connectivity index (χ2n) is 9.13. The number of likely N-dealkylation sites (tertiary alicyclic amines) is 1. The van der Waals surface area contributed by atoms with Crippen molar-refractivity contribution in [2.24, 2.45) is 0 Å². The second kappa shape index (κ2) is 11.0. The number of rotatable bonds is 9. The maximum Gasteiger partial charge on any atom is 0.274 e. The van der Waals surface area contributed by atoms with Gasteiger partial charge < -0.3 is 9.64 Å². The first-order valence-corrected chi connectivity index (χ1v) is 13.1. The van der Waals surface area contributed by atoms with Crippen LogP contribution in [0.5, 0.6) is 5.75 Å². The molecular formula is C27H31N5O2S. The van der Waals surface area contributed by atoms with Crippen molar-refractivity contribution < 1.29 is 9.53 Å². The zero-order valence-corrected chi connectivity index (χ0v) is 20.9. The minimum absolute atomic E-state index is 0.0174. The maximum atomic E-state index is 13.2. The Morgan fingerprint density at radius 3 is 2.86 bits per heavy atom. The number of amides is 1. The van der Waals surface area contributed by atoms with Gasteiger partial charge in [0.05, 0.1) is 6.61 Å². The highest BCUT2D eigenvalue weighted by molar-refractivity contribution is 7.09. The smallest absolute Gasteiger partial charge is 0.274 e. The monoisotopic (exact) mass is 489 g/mol. The van der Waals surface area contributed by atoms with E-state index in [9.17, 15) is 4.79 Å². The number of piperidine rings is 1. The van der Waals surface area contributed by atoms with E-state index in [1.807, 2.05) is 29.3 Å². The first-order valence-electron chi connectivity index (χ1n) is 12.2. The second-order valence-corrected chi connectivity index (χ2v) is 10.2. The number of hydrogen-bond donors (Lipinski definition) is 0. The molecule has 182 valence electrons. The van der Waals surface area contributed by atoms with Gasteiger partial charge in [-0.3, -0.25) is 9.69 Å². The molecule has 1 aliphatic heterocycles. The van der Waals surface area contributed by atoms with Crippen molar-refractivity contribution in [2.45, 2.75) is 44.8 Å². The summed E-state index contributed by atoms with van der Waals surface area (Å²) in [5.74, 6) is 0.853. The van der Waals surface area contributed by atoms with Gasteiger partial charge in [0.1, 0.15) is 5.75 Å². The van der Waals surface area contributed by atoms with Gasteiger partial charge >= 0.3 is 0 Å². The quantitative estimate of drug-likeness (QED) is 0.335. The molecule has 1 saturated heterocycles. The van der Waals surface area contributed by atoms with Crippen molar-refractivity contribution in [3.05, 3.63) is 82.4 Å². The zero-order chi connectivity index (χ0) is 24.0. The van der Waals surface area contributed by atoms with E-state index in [0.29, 0.717) is 17.9 Å². The molecule has 0 spiro atoms. The number of aromatic nitrogens is 3. The van der Waals surface area contributed by atoms with Crippen molar-refractivity contribution in [3.63, 3.8) is 0 Å². The van der Waals surface area contributed by atoms with Crippen LogP contribution in [0.25, 0.3) is 5.65 Å². The molecule has 1 fully saturated rings. The van der Waals surface area contributed by atoms with Crippen molar-refractivity contribution in [1.82, 2.24) is 24.4 Å². The molecule has 1 aromatic carbocycles. The van der Waals surface area contributed by atoms with Gasteiger partial charge in [-0.2, -0.15) is 5.10 Å². The van der Waals surface area contributed by atoms with E-state index in [0.717, 1.165) is 51.1 Å². The zero-order valence-electron chi connectivity index (χ0n) is 20.0. The summed E-state index contributed by atoms with van der Waals surface area (Å²) in [6, 6.07) is 16.4. The summed E-state index contributed by atoms with van der Waals surface area (Å²) in [6.45, 7) is 3.20. The largest absolute Gasteiger partial charge is 0.494 e. The Kier molecular flexibility index (Phi) is 7.39. The Labute approximate surface area is 210 Å². The maximum absolute atomic E-state index is 13.2. The Morgan fingerprint density at radius 2 is 2.06 bits per heavy atom. The minimum Gasteiger partial charge on any atom is -0.494 e. The lowest BCUT2D eigenvalue weighted by atomic mass is 9.99. The van der Waals surface area contributed by atoms with Gasteiger partial charge in [0.2, 0.25) is 0 Å². The summed E-state index contributed by atoms with van der Waals surface area (Å²) >= 11 is 1.79.